The first-order valence-electron chi connectivity index (χ1n) is 3.23. The Balaban J connectivity index is 3.01. The van der Waals surface area contributed by atoms with E-state index in [-0.39, 0.29) is 0 Å². The highest BCUT2D eigenvalue weighted by molar-refractivity contribution is 8.02. The van der Waals surface area contributed by atoms with Crippen LogP contribution in [0.15, 0.2) is 41.8 Å². The van der Waals surface area contributed by atoms with E-state index in [9.17, 15) is 0 Å². The zero-order valence-electron chi connectivity index (χ0n) is 6.16. The molecule has 0 amide bonds. The van der Waals surface area contributed by atoms with Crippen molar-refractivity contribution in [2.24, 2.45) is 0 Å². The van der Waals surface area contributed by atoms with E-state index in [4.69, 9.17) is 0 Å². The largest absolute Gasteiger partial charge is 0.256 e. The van der Waals surface area contributed by atoms with Gasteiger partial charge in [-0.3, -0.25) is 4.98 Å². The maximum Gasteiger partial charge on any atom is 0.0762 e. The number of pyridine rings is 1. The second kappa shape index (κ2) is 3.98. The summed E-state index contributed by atoms with van der Waals surface area (Å²) < 4.78 is 0. The van der Waals surface area contributed by atoms with Crippen LogP contribution < -0.4 is 0 Å². The molecule has 0 N–H and O–H groups in total. The highest BCUT2D eigenvalue weighted by atomic mass is 32.2. The standard InChI is InChI=1S/C9H9NS/c1-3-8-9(11-4-2)6-5-7-10-8/h3-7H,1-2H2. The van der Waals surface area contributed by atoms with Crippen molar-refractivity contribution < 1.29 is 0 Å². The Hall–Kier alpha value is -1.02. The van der Waals surface area contributed by atoms with E-state index in [1.54, 1.807) is 29.4 Å². The molecule has 2 heteroatoms. The Kier molecular flexibility index (Phi) is 2.93. The van der Waals surface area contributed by atoms with Crippen LogP contribution in [-0.4, -0.2) is 4.98 Å². The van der Waals surface area contributed by atoms with Crippen molar-refractivity contribution in [3.63, 3.8) is 0 Å². The Morgan fingerprint density at radius 3 is 2.91 bits per heavy atom. The van der Waals surface area contributed by atoms with Crippen molar-refractivity contribution in [3.05, 3.63) is 42.6 Å². The second-order valence-corrected chi connectivity index (χ2v) is 2.88. The molecule has 11 heavy (non-hydrogen) atoms. The van der Waals surface area contributed by atoms with Gasteiger partial charge < -0.3 is 0 Å². The fraction of sp³-hybridized carbons (Fsp3) is 0. The second-order valence-electron chi connectivity index (χ2n) is 1.88. The molecule has 0 atom stereocenters. The van der Waals surface area contributed by atoms with Crippen molar-refractivity contribution in [2.45, 2.75) is 4.90 Å². The minimum Gasteiger partial charge on any atom is -0.256 e. The van der Waals surface area contributed by atoms with Gasteiger partial charge in [0, 0.05) is 11.1 Å². The number of hydrogen-bond donors (Lipinski definition) is 0. The first-order valence-corrected chi connectivity index (χ1v) is 4.11. The van der Waals surface area contributed by atoms with Crippen LogP contribution in [0.25, 0.3) is 6.08 Å². The number of rotatable bonds is 3. The van der Waals surface area contributed by atoms with E-state index in [1.807, 2.05) is 12.1 Å². The van der Waals surface area contributed by atoms with Crippen molar-refractivity contribution in [2.75, 3.05) is 0 Å². The highest BCUT2D eigenvalue weighted by Crippen LogP contribution is 2.21. The topological polar surface area (TPSA) is 12.9 Å². The molecule has 0 aliphatic carbocycles. The molecule has 0 fully saturated rings. The van der Waals surface area contributed by atoms with Gasteiger partial charge in [0.2, 0.25) is 0 Å². The summed E-state index contributed by atoms with van der Waals surface area (Å²) >= 11 is 1.56. The van der Waals surface area contributed by atoms with E-state index < -0.39 is 0 Å². The van der Waals surface area contributed by atoms with Gasteiger partial charge in [0.05, 0.1) is 5.69 Å². The minimum absolute atomic E-state index is 0.914. The molecule has 0 radical (unpaired) electrons. The predicted molar refractivity (Wildman–Crippen MR) is 50.4 cm³/mol. The average Bonchev–Trinajstić information content (AvgIpc) is 2.06. The summed E-state index contributed by atoms with van der Waals surface area (Å²) in [6, 6.07) is 3.90. The van der Waals surface area contributed by atoms with Crippen molar-refractivity contribution in [1.82, 2.24) is 4.98 Å². The number of nitrogens with zero attached hydrogens (tertiary/aromatic N) is 1. The highest BCUT2D eigenvalue weighted by Gasteiger charge is 1.95. The predicted octanol–water partition coefficient (Wildman–Crippen LogP) is 2.96. The summed E-state index contributed by atoms with van der Waals surface area (Å²) in [5, 5.41) is 1.78. The molecule has 1 nitrogen and oxygen atoms in total. The molecular weight excluding hydrogens is 154 g/mol. The van der Waals surface area contributed by atoms with E-state index in [2.05, 4.69) is 18.1 Å². The zero-order chi connectivity index (χ0) is 8.10. The van der Waals surface area contributed by atoms with Gasteiger partial charge in [-0.05, 0) is 23.6 Å². The van der Waals surface area contributed by atoms with Gasteiger partial charge in [-0.25, -0.2) is 0 Å². The van der Waals surface area contributed by atoms with Crippen LogP contribution in [0.1, 0.15) is 5.69 Å². The van der Waals surface area contributed by atoms with E-state index in [0.717, 1.165) is 10.6 Å². The molecule has 0 saturated heterocycles. The maximum atomic E-state index is 4.13. The molecule has 0 saturated carbocycles. The van der Waals surface area contributed by atoms with E-state index >= 15 is 0 Å². The zero-order valence-corrected chi connectivity index (χ0v) is 6.97. The molecular formula is C9H9NS. The van der Waals surface area contributed by atoms with Gasteiger partial charge in [0.1, 0.15) is 0 Å². The minimum atomic E-state index is 0.914. The fourth-order valence-electron chi connectivity index (χ4n) is 0.745. The Morgan fingerprint density at radius 2 is 2.27 bits per heavy atom. The van der Waals surface area contributed by atoms with Gasteiger partial charge in [0.15, 0.2) is 0 Å². The van der Waals surface area contributed by atoms with Gasteiger partial charge in [-0.15, -0.1) is 0 Å². The number of hydrogen-bond acceptors (Lipinski definition) is 2. The third-order valence-corrected chi connectivity index (χ3v) is 1.97. The quantitative estimate of drug-likeness (QED) is 0.635. The average molecular weight is 163 g/mol. The Labute approximate surface area is 70.9 Å². The summed E-state index contributed by atoms with van der Waals surface area (Å²) in [5.74, 6) is 0. The summed E-state index contributed by atoms with van der Waals surface area (Å²) in [6.45, 7) is 7.30. The fourth-order valence-corrected chi connectivity index (χ4v) is 1.34. The molecule has 0 spiro atoms. The van der Waals surface area contributed by atoms with Crippen LogP contribution in [0.2, 0.25) is 0 Å². The molecule has 0 bridgehead atoms. The smallest absolute Gasteiger partial charge is 0.0762 e. The molecule has 1 aromatic rings. The van der Waals surface area contributed by atoms with E-state index in [0.29, 0.717) is 0 Å². The van der Waals surface area contributed by atoms with Gasteiger partial charge in [0.25, 0.3) is 0 Å². The summed E-state index contributed by atoms with van der Waals surface area (Å²) in [4.78, 5) is 5.22. The van der Waals surface area contributed by atoms with Crippen LogP contribution in [0.3, 0.4) is 0 Å². The molecule has 0 aliphatic rings. The number of aromatic nitrogens is 1. The molecule has 1 heterocycles. The van der Waals surface area contributed by atoms with Crippen LogP contribution in [0.4, 0.5) is 0 Å². The first kappa shape index (κ1) is 8.08. The summed E-state index contributed by atoms with van der Waals surface area (Å²) in [7, 11) is 0. The third-order valence-electron chi connectivity index (χ3n) is 1.20. The molecule has 0 aromatic carbocycles. The third kappa shape index (κ3) is 1.95. The first-order chi connectivity index (χ1) is 5.38. The molecule has 1 rings (SSSR count). The van der Waals surface area contributed by atoms with Gasteiger partial charge in [-0.1, -0.05) is 24.9 Å². The molecule has 0 aliphatic heterocycles. The van der Waals surface area contributed by atoms with Crippen LogP contribution in [0.5, 0.6) is 0 Å². The van der Waals surface area contributed by atoms with Crippen molar-refractivity contribution in [1.29, 1.82) is 0 Å². The van der Waals surface area contributed by atoms with Gasteiger partial charge in [-0.2, -0.15) is 0 Å². The monoisotopic (exact) mass is 163 g/mol. The lowest BCUT2D eigenvalue weighted by atomic mass is 10.3. The maximum absolute atomic E-state index is 4.13. The van der Waals surface area contributed by atoms with Crippen molar-refractivity contribution >= 4 is 17.8 Å². The van der Waals surface area contributed by atoms with Crippen LogP contribution >= 0.6 is 11.8 Å². The molecule has 0 unspecified atom stereocenters. The lowest BCUT2D eigenvalue weighted by molar-refractivity contribution is 1.21. The SMILES string of the molecule is C=CSc1cccnc1C=C. The van der Waals surface area contributed by atoms with Crippen LogP contribution in [-0.2, 0) is 0 Å². The van der Waals surface area contributed by atoms with Crippen LogP contribution in [0, 0.1) is 0 Å². The summed E-state index contributed by atoms with van der Waals surface area (Å²) in [5.41, 5.74) is 0.914. The van der Waals surface area contributed by atoms with Gasteiger partial charge >= 0.3 is 0 Å². The molecule has 56 valence electrons. The lowest BCUT2D eigenvalue weighted by Gasteiger charge is -1.98. The van der Waals surface area contributed by atoms with Crippen molar-refractivity contribution in [3.8, 4) is 0 Å². The normalized spacial score (nSPS) is 9.09. The summed E-state index contributed by atoms with van der Waals surface area (Å²) in [6.07, 6.45) is 3.50. The lowest BCUT2D eigenvalue weighted by Crippen LogP contribution is -1.81. The van der Waals surface area contributed by atoms with E-state index in [1.165, 1.54) is 0 Å². The molecule has 1 aromatic heterocycles. The number of thioether (sulfide) groups is 1. The Bertz CT molecular complexity index is 268. The Morgan fingerprint density at radius 1 is 1.45 bits per heavy atom.